The molecule has 0 aliphatic carbocycles. The third-order valence-electron chi connectivity index (χ3n) is 5.86. The Labute approximate surface area is 216 Å². The molecule has 9 heteroatoms. The van der Waals surface area contributed by atoms with Crippen molar-refractivity contribution in [1.29, 1.82) is 0 Å². The van der Waals surface area contributed by atoms with Crippen molar-refractivity contribution >= 4 is 46.4 Å². The van der Waals surface area contributed by atoms with Crippen LogP contribution < -0.4 is 25.6 Å². The number of piperazine rings is 1. The molecule has 0 bridgehead atoms. The minimum absolute atomic E-state index is 0.156. The third-order valence-corrected chi connectivity index (χ3v) is 6.17. The zero-order chi connectivity index (χ0) is 25.5. The molecule has 188 valence electrons. The minimum Gasteiger partial charge on any atom is -0.492 e. The monoisotopic (exact) mass is 507 g/mol. The van der Waals surface area contributed by atoms with Crippen molar-refractivity contribution in [1.82, 2.24) is 4.90 Å². The molecule has 0 aromatic heterocycles. The van der Waals surface area contributed by atoms with E-state index in [9.17, 15) is 9.59 Å². The van der Waals surface area contributed by atoms with Crippen LogP contribution in [0.3, 0.4) is 0 Å². The summed E-state index contributed by atoms with van der Waals surface area (Å²) in [6.07, 6.45) is 0. The van der Waals surface area contributed by atoms with Crippen LogP contribution in [0.2, 0.25) is 5.02 Å². The van der Waals surface area contributed by atoms with E-state index in [1.807, 2.05) is 74.5 Å². The van der Waals surface area contributed by atoms with Crippen molar-refractivity contribution in [3.05, 3.63) is 77.3 Å². The van der Waals surface area contributed by atoms with Gasteiger partial charge in [-0.2, -0.15) is 0 Å². The first kappa shape index (κ1) is 25.2. The molecule has 4 rings (SSSR count). The Kier molecular flexibility index (Phi) is 8.17. The molecule has 1 heterocycles. The summed E-state index contributed by atoms with van der Waals surface area (Å²) in [7, 11) is 0. The summed E-state index contributed by atoms with van der Waals surface area (Å²) in [5, 5.41) is 9.10. The summed E-state index contributed by atoms with van der Waals surface area (Å²) in [5.41, 5.74) is 3.98. The Morgan fingerprint density at radius 2 is 1.61 bits per heavy atom. The molecular formula is C27H30ClN5O3. The topological polar surface area (TPSA) is 85.9 Å². The van der Waals surface area contributed by atoms with E-state index in [-0.39, 0.29) is 12.1 Å². The summed E-state index contributed by atoms with van der Waals surface area (Å²) in [6.45, 7) is 6.97. The second-order valence-electron chi connectivity index (χ2n) is 8.44. The van der Waals surface area contributed by atoms with E-state index in [2.05, 4.69) is 20.9 Å². The number of aryl methyl sites for hydroxylation is 1. The Balaban J connectivity index is 1.27. The van der Waals surface area contributed by atoms with Gasteiger partial charge in [-0.3, -0.25) is 0 Å². The normalized spacial score (nSPS) is 13.2. The predicted octanol–water partition coefficient (Wildman–Crippen LogP) is 6.05. The molecule has 0 atom stereocenters. The number of benzene rings is 3. The van der Waals surface area contributed by atoms with E-state index in [0.29, 0.717) is 60.6 Å². The van der Waals surface area contributed by atoms with Crippen molar-refractivity contribution in [2.24, 2.45) is 0 Å². The van der Waals surface area contributed by atoms with Gasteiger partial charge in [0.2, 0.25) is 0 Å². The largest absolute Gasteiger partial charge is 0.492 e. The van der Waals surface area contributed by atoms with Gasteiger partial charge in [0.15, 0.2) is 0 Å². The summed E-state index contributed by atoms with van der Waals surface area (Å²) in [5.74, 6) is 0.625. The zero-order valence-electron chi connectivity index (χ0n) is 20.4. The molecule has 4 amide bonds. The maximum Gasteiger partial charge on any atom is 0.323 e. The highest BCUT2D eigenvalue weighted by Gasteiger charge is 2.22. The van der Waals surface area contributed by atoms with E-state index in [1.165, 1.54) is 0 Å². The van der Waals surface area contributed by atoms with E-state index in [1.54, 1.807) is 11.0 Å². The van der Waals surface area contributed by atoms with Gasteiger partial charge in [-0.05, 0) is 67.9 Å². The van der Waals surface area contributed by atoms with E-state index in [4.69, 9.17) is 16.3 Å². The molecule has 1 saturated heterocycles. The van der Waals surface area contributed by atoms with Gasteiger partial charge in [-0.15, -0.1) is 0 Å². The first-order valence-electron chi connectivity index (χ1n) is 11.9. The van der Waals surface area contributed by atoms with Gasteiger partial charge in [0, 0.05) is 37.6 Å². The number of halogens is 1. The van der Waals surface area contributed by atoms with E-state index >= 15 is 0 Å². The number of anilines is 4. The number of urea groups is 2. The molecule has 3 N–H and O–H groups in total. The second kappa shape index (κ2) is 11.7. The number of nitrogens with zero attached hydrogens (tertiary/aromatic N) is 2. The molecule has 3 aromatic carbocycles. The van der Waals surface area contributed by atoms with Gasteiger partial charge >= 0.3 is 12.1 Å². The molecule has 3 aromatic rings. The Morgan fingerprint density at radius 3 is 2.31 bits per heavy atom. The van der Waals surface area contributed by atoms with Crippen molar-refractivity contribution in [3.63, 3.8) is 0 Å². The van der Waals surface area contributed by atoms with Gasteiger partial charge < -0.3 is 30.5 Å². The molecule has 0 spiro atoms. The van der Waals surface area contributed by atoms with Crippen molar-refractivity contribution in [3.8, 4) is 5.75 Å². The summed E-state index contributed by atoms with van der Waals surface area (Å²) < 4.78 is 5.55. The van der Waals surface area contributed by atoms with Crippen molar-refractivity contribution in [2.75, 3.05) is 53.6 Å². The second-order valence-corrected chi connectivity index (χ2v) is 8.85. The Morgan fingerprint density at radius 1 is 0.889 bits per heavy atom. The highest BCUT2D eigenvalue weighted by molar-refractivity contribution is 6.33. The number of ether oxygens (including phenoxy) is 1. The number of rotatable bonds is 6. The van der Waals surface area contributed by atoms with Crippen molar-refractivity contribution in [2.45, 2.75) is 13.8 Å². The van der Waals surface area contributed by atoms with Crippen LogP contribution in [0.1, 0.15) is 12.5 Å². The fraction of sp³-hybridized carbons (Fsp3) is 0.259. The van der Waals surface area contributed by atoms with Crippen LogP contribution in [-0.4, -0.2) is 49.7 Å². The molecular weight excluding hydrogens is 478 g/mol. The van der Waals surface area contributed by atoms with Crippen LogP contribution in [0.4, 0.5) is 32.3 Å². The van der Waals surface area contributed by atoms with Crippen molar-refractivity contribution < 1.29 is 14.3 Å². The van der Waals surface area contributed by atoms with Crippen LogP contribution in [0.5, 0.6) is 5.75 Å². The molecule has 1 fully saturated rings. The number of hydrogen-bond donors (Lipinski definition) is 3. The summed E-state index contributed by atoms with van der Waals surface area (Å²) >= 11 is 6.24. The fourth-order valence-electron chi connectivity index (χ4n) is 3.98. The molecule has 0 unspecified atom stereocenters. The van der Waals surface area contributed by atoms with Gasteiger partial charge in [0.05, 0.1) is 23.0 Å². The number of para-hydroxylation sites is 2. The zero-order valence-corrected chi connectivity index (χ0v) is 21.1. The minimum atomic E-state index is -0.344. The Bertz CT molecular complexity index is 1210. The lowest BCUT2D eigenvalue weighted by Crippen LogP contribution is -2.50. The number of carbonyl (C=O) groups is 2. The molecule has 0 saturated carbocycles. The standard InChI is InChI=1S/C27H30ClN5O3/c1-3-36-25-7-5-4-6-24(25)30-26(34)29-20-9-11-21(12-10-20)32-14-16-33(17-15-32)27(35)31-23-13-8-19(2)18-22(23)28/h4-13,18H,3,14-17H2,1-2H3,(H,31,35)(H2,29,30,34). The quantitative estimate of drug-likeness (QED) is 0.379. The highest BCUT2D eigenvalue weighted by Crippen LogP contribution is 2.25. The average molecular weight is 508 g/mol. The van der Waals surface area contributed by atoms with Crippen LogP contribution in [0.15, 0.2) is 66.7 Å². The van der Waals surface area contributed by atoms with Gasteiger partial charge in [0.25, 0.3) is 0 Å². The highest BCUT2D eigenvalue weighted by atomic mass is 35.5. The molecule has 8 nitrogen and oxygen atoms in total. The number of hydrogen-bond acceptors (Lipinski definition) is 4. The molecule has 36 heavy (non-hydrogen) atoms. The van der Waals surface area contributed by atoms with E-state index in [0.717, 1.165) is 11.3 Å². The smallest absolute Gasteiger partial charge is 0.323 e. The average Bonchev–Trinajstić information content (AvgIpc) is 2.87. The SMILES string of the molecule is CCOc1ccccc1NC(=O)Nc1ccc(N2CCN(C(=O)Nc3ccc(C)cc3Cl)CC2)cc1. The van der Waals surface area contributed by atoms with Gasteiger partial charge in [0.1, 0.15) is 5.75 Å². The maximum atomic E-state index is 12.7. The maximum absolute atomic E-state index is 12.7. The first-order chi connectivity index (χ1) is 17.4. The Hall–Kier alpha value is -3.91. The number of nitrogens with one attached hydrogen (secondary N) is 3. The lowest BCUT2D eigenvalue weighted by molar-refractivity contribution is 0.208. The van der Waals surface area contributed by atoms with Crippen LogP contribution in [0, 0.1) is 6.92 Å². The number of carbonyl (C=O) groups excluding carboxylic acids is 2. The first-order valence-corrected chi connectivity index (χ1v) is 12.3. The predicted molar refractivity (Wildman–Crippen MR) is 146 cm³/mol. The summed E-state index contributed by atoms with van der Waals surface area (Å²) in [4.78, 5) is 29.1. The number of amides is 4. The lowest BCUT2D eigenvalue weighted by Gasteiger charge is -2.36. The van der Waals surface area contributed by atoms with Crippen LogP contribution in [-0.2, 0) is 0 Å². The lowest BCUT2D eigenvalue weighted by atomic mass is 10.2. The summed E-state index contributed by atoms with van der Waals surface area (Å²) in [6, 6.07) is 20.0. The third kappa shape index (κ3) is 6.40. The fourth-order valence-corrected chi connectivity index (χ4v) is 4.26. The molecule has 0 radical (unpaired) electrons. The van der Waals surface area contributed by atoms with Gasteiger partial charge in [-0.1, -0.05) is 29.8 Å². The van der Waals surface area contributed by atoms with Gasteiger partial charge in [-0.25, -0.2) is 9.59 Å². The van der Waals surface area contributed by atoms with Crippen LogP contribution in [0.25, 0.3) is 0 Å². The van der Waals surface area contributed by atoms with E-state index < -0.39 is 0 Å². The molecule has 1 aliphatic heterocycles. The molecule has 1 aliphatic rings. The van der Waals surface area contributed by atoms with Crippen LogP contribution >= 0.6 is 11.6 Å².